The largest absolute Gasteiger partial charge is 0.496 e. The van der Waals surface area contributed by atoms with Gasteiger partial charge in [0.2, 0.25) is 0 Å². The van der Waals surface area contributed by atoms with Gasteiger partial charge in [0.25, 0.3) is 0 Å². The molecule has 0 bridgehead atoms. The van der Waals surface area contributed by atoms with Crippen LogP contribution >= 0.6 is 0 Å². The highest BCUT2D eigenvalue weighted by Crippen LogP contribution is 2.30. The van der Waals surface area contributed by atoms with Crippen LogP contribution in [0.5, 0.6) is 5.75 Å². The van der Waals surface area contributed by atoms with Crippen molar-refractivity contribution < 1.29 is 19.4 Å². The van der Waals surface area contributed by atoms with Crippen LogP contribution < -0.4 is 10.4 Å². The van der Waals surface area contributed by atoms with Gasteiger partial charge in [0.1, 0.15) is 11.3 Å². The average molecular weight is 346 g/mol. The van der Waals surface area contributed by atoms with E-state index >= 15 is 0 Å². The van der Waals surface area contributed by atoms with E-state index in [-0.39, 0.29) is 6.42 Å². The van der Waals surface area contributed by atoms with Gasteiger partial charge >= 0.3 is 5.63 Å². The summed E-state index contributed by atoms with van der Waals surface area (Å²) in [6.07, 6.45) is 0.953. The summed E-state index contributed by atoms with van der Waals surface area (Å²) in [6, 6.07) is 5.23. The number of methoxy groups -OCH3 is 1. The Morgan fingerprint density at radius 3 is 2.44 bits per heavy atom. The number of hydrogen-bond acceptors (Lipinski definition) is 5. The lowest BCUT2D eigenvalue weighted by molar-refractivity contribution is -0.0471. The maximum atomic E-state index is 12.3. The van der Waals surface area contributed by atoms with Gasteiger partial charge < -0.3 is 19.4 Å². The molecule has 1 aromatic carbocycles. The van der Waals surface area contributed by atoms with E-state index in [2.05, 4.69) is 6.58 Å². The molecule has 0 unspecified atom stereocenters. The first-order valence-electron chi connectivity index (χ1n) is 8.19. The van der Waals surface area contributed by atoms with Crippen molar-refractivity contribution in [1.82, 2.24) is 0 Å². The zero-order valence-corrected chi connectivity index (χ0v) is 15.4. The molecule has 2 aromatic rings. The smallest absolute Gasteiger partial charge is 0.340 e. The zero-order valence-electron chi connectivity index (χ0n) is 15.4. The first-order valence-corrected chi connectivity index (χ1v) is 8.19. The summed E-state index contributed by atoms with van der Waals surface area (Å²) >= 11 is 0. The van der Waals surface area contributed by atoms with Crippen LogP contribution in [0.4, 0.5) is 0 Å². The summed E-state index contributed by atoms with van der Waals surface area (Å²) in [6.45, 7) is 10.7. The molecule has 0 saturated carbocycles. The van der Waals surface area contributed by atoms with Crippen molar-refractivity contribution in [2.24, 2.45) is 0 Å². The third-order valence-electron chi connectivity index (χ3n) is 4.57. The van der Waals surface area contributed by atoms with Crippen molar-refractivity contribution in [1.29, 1.82) is 0 Å². The van der Waals surface area contributed by atoms with Gasteiger partial charge in [-0.1, -0.05) is 19.9 Å². The molecule has 0 fully saturated rings. The molecule has 0 spiro atoms. The van der Waals surface area contributed by atoms with Crippen LogP contribution in [0.15, 0.2) is 40.1 Å². The molecule has 0 aliphatic heterocycles. The summed E-state index contributed by atoms with van der Waals surface area (Å²) in [4.78, 5) is 12.3. The minimum absolute atomic E-state index is 0.210. The quantitative estimate of drug-likeness (QED) is 0.621. The predicted molar refractivity (Wildman–Crippen MR) is 98.3 cm³/mol. The third-order valence-corrected chi connectivity index (χ3v) is 4.57. The molecule has 136 valence electrons. The van der Waals surface area contributed by atoms with Gasteiger partial charge in [-0.2, -0.15) is 0 Å². The van der Waals surface area contributed by atoms with Crippen molar-refractivity contribution in [3.63, 3.8) is 0 Å². The molecule has 5 heteroatoms. The minimum Gasteiger partial charge on any atom is -0.496 e. The molecule has 1 aromatic heterocycles. The Labute approximate surface area is 147 Å². The van der Waals surface area contributed by atoms with E-state index in [1.165, 1.54) is 7.11 Å². The third kappa shape index (κ3) is 3.94. The van der Waals surface area contributed by atoms with Crippen LogP contribution in [-0.4, -0.2) is 29.0 Å². The predicted octanol–water partition coefficient (Wildman–Crippen LogP) is 2.94. The lowest BCUT2D eigenvalue weighted by Crippen LogP contribution is -2.37. The van der Waals surface area contributed by atoms with Crippen molar-refractivity contribution in [3.05, 3.63) is 52.4 Å². The first kappa shape index (κ1) is 19.2. The van der Waals surface area contributed by atoms with Gasteiger partial charge in [-0.15, -0.1) is 6.58 Å². The number of hydrogen-bond donors (Lipinski definition) is 2. The standard InChI is InChI=1S/C20H26O5/c1-7-19(2,3)14-9-12-8-13(10-17(21)20(4,5)23)15(24-6)11-16(12)25-18(14)22/h7-9,11,17,21,23H,1,10H2,2-6H3/t17-/m0/s1. The van der Waals surface area contributed by atoms with Crippen LogP contribution in [0.3, 0.4) is 0 Å². The Bertz CT molecular complexity index is 840. The second kappa shape index (κ2) is 6.65. The molecule has 0 aliphatic carbocycles. The minimum atomic E-state index is -1.24. The van der Waals surface area contributed by atoms with Gasteiger partial charge in [-0.25, -0.2) is 4.79 Å². The van der Waals surface area contributed by atoms with Crippen LogP contribution in [0.25, 0.3) is 11.0 Å². The van der Waals surface area contributed by atoms with E-state index in [1.54, 1.807) is 32.1 Å². The normalized spacial score (nSPS) is 13.7. The van der Waals surface area contributed by atoms with E-state index in [0.29, 0.717) is 16.9 Å². The SMILES string of the molecule is C=CC(C)(C)c1cc2cc(C[C@H](O)C(C)(C)O)c(OC)cc2oc1=O. The summed E-state index contributed by atoms with van der Waals surface area (Å²) in [5, 5.41) is 20.9. The molecule has 2 rings (SSSR count). The lowest BCUT2D eigenvalue weighted by Gasteiger charge is -2.25. The molecule has 0 radical (unpaired) electrons. The van der Waals surface area contributed by atoms with Crippen LogP contribution in [0.1, 0.15) is 38.8 Å². The summed E-state index contributed by atoms with van der Waals surface area (Å²) in [5.41, 5.74) is -0.536. The molecule has 5 nitrogen and oxygen atoms in total. The van der Waals surface area contributed by atoms with E-state index in [0.717, 1.165) is 10.9 Å². The number of rotatable bonds is 6. The molecule has 2 N–H and O–H groups in total. The Balaban J connectivity index is 2.62. The molecular weight excluding hydrogens is 320 g/mol. The van der Waals surface area contributed by atoms with Gasteiger partial charge in [-0.3, -0.25) is 0 Å². The number of benzene rings is 1. The fourth-order valence-corrected chi connectivity index (χ4v) is 2.56. The fourth-order valence-electron chi connectivity index (χ4n) is 2.56. The van der Waals surface area contributed by atoms with E-state index in [9.17, 15) is 15.0 Å². The maximum absolute atomic E-state index is 12.3. The molecule has 1 atom stereocenters. The van der Waals surface area contributed by atoms with E-state index in [1.807, 2.05) is 19.9 Å². The second-order valence-corrected chi connectivity index (χ2v) is 7.45. The number of fused-ring (bicyclic) bond motifs is 1. The molecule has 25 heavy (non-hydrogen) atoms. The van der Waals surface area contributed by atoms with Crippen molar-refractivity contribution in [2.45, 2.75) is 51.2 Å². The highest BCUT2D eigenvalue weighted by Gasteiger charge is 2.27. The average Bonchev–Trinajstić information content (AvgIpc) is 2.52. The van der Waals surface area contributed by atoms with Crippen LogP contribution in [0, 0.1) is 0 Å². The topological polar surface area (TPSA) is 79.9 Å². The Morgan fingerprint density at radius 2 is 1.92 bits per heavy atom. The van der Waals surface area contributed by atoms with Crippen molar-refractivity contribution in [3.8, 4) is 5.75 Å². The molecular formula is C20H26O5. The summed E-state index contributed by atoms with van der Waals surface area (Å²) in [5.74, 6) is 0.495. The van der Waals surface area contributed by atoms with Crippen LogP contribution in [-0.2, 0) is 11.8 Å². The summed E-state index contributed by atoms with van der Waals surface area (Å²) in [7, 11) is 1.51. The van der Waals surface area contributed by atoms with Gasteiger partial charge in [0.05, 0.1) is 18.8 Å². The van der Waals surface area contributed by atoms with Crippen molar-refractivity contribution in [2.75, 3.05) is 7.11 Å². The fraction of sp³-hybridized carbons (Fsp3) is 0.450. The molecule has 0 aliphatic rings. The lowest BCUT2D eigenvalue weighted by atomic mass is 9.85. The van der Waals surface area contributed by atoms with Gasteiger partial charge in [0, 0.05) is 28.9 Å². The number of aliphatic hydroxyl groups is 2. The highest BCUT2D eigenvalue weighted by atomic mass is 16.5. The van der Waals surface area contributed by atoms with E-state index in [4.69, 9.17) is 9.15 Å². The molecule has 0 amide bonds. The van der Waals surface area contributed by atoms with Crippen molar-refractivity contribution >= 4 is 11.0 Å². The first-order chi connectivity index (χ1) is 11.5. The number of ether oxygens (including phenoxy) is 1. The van der Waals surface area contributed by atoms with Gasteiger partial charge in [-0.05, 0) is 31.5 Å². The number of aliphatic hydroxyl groups excluding tert-OH is 1. The highest BCUT2D eigenvalue weighted by molar-refractivity contribution is 5.80. The Morgan fingerprint density at radius 1 is 1.28 bits per heavy atom. The maximum Gasteiger partial charge on any atom is 0.340 e. The molecule has 1 heterocycles. The summed E-state index contributed by atoms with van der Waals surface area (Å²) < 4.78 is 10.8. The van der Waals surface area contributed by atoms with Gasteiger partial charge in [0.15, 0.2) is 0 Å². The van der Waals surface area contributed by atoms with E-state index < -0.39 is 22.7 Å². The molecule has 0 saturated heterocycles. The Hall–Kier alpha value is -2.11. The Kier molecular flexibility index (Phi) is 5.11. The zero-order chi connectivity index (χ0) is 19.0. The monoisotopic (exact) mass is 346 g/mol. The number of allylic oxidation sites excluding steroid dienone is 1. The van der Waals surface area contributed by atoms with Crippen LogP contribution in [0.2, 0.25) is 0 Å². The second-order valence-electron chi connectivity index (χ2n) is 7.45.